The zero-order chi connectivity index (χ0) is 25.8. The van der Waals surface area contributed by atoms with Crippen molar-refractivity contribution in [3.63, 3.8) is 0 Å². The fraction of sp³-hybridized carbons (Fsp3) is 0.241. The molecule has 1 N–H and O–H groups in total. The minimum Gasteiger partial charge on any atom is -0.344 e. The van der Waals surface area contributed by atoms with Crippen LogP contribution in [0.4, 0.5) is 0 Å². The third-order valence-corrected chi connectivity index (χ3v) is 6.19. The fourth-order valence-electron chi connectivity index (χ4n) is 3.93. The predicted octanol–water partition coefficient (Wildman–Crippen LogP) is 4.37. The molecular weight excluding hydrogens is 452 g/mol. The summed E-state index contributed by atoms with van der Waals surface area (Å²) in [4.78, 5) is 40.0. The van der Waals surface area contributed by atoms with Gasteiger partial charge in [-0.3, -0.25) is 14.2 Å². The van der Waals surface area contributed by atoms with Crippen LogP contribution in [0.1, 0.15) is 65.5 Å². The molecule has 0 saturated heterocycles. The van der Waals surface area contributed by atoms with E-state index in [9.17, 15) is 14.4 Å². The summed E-state index contributed by atoms with van der Waals surface area (Å²) in [5, 5.41) is 7.08. The first kappa shape index (κ1) is 24.9. The van der Waals surface area contributed by atoms with Crippen LogP contribution < -0.4 is 16.6 Å². The third kappa shape index (κ3) is 5.35. The van der Waals surface area contributed by atoms with Crippen LogP contribution in [0, 0.1) is 6.92 Å². The molecule has 1 atom stereocenters. The van der Waals surface area contributed by atoms with Crippen LogP contribution in [0.2, 0.25) is 0 Å². The lowest BCUT2D eigenvalue weighted by Crippen LogP contribution is -2.46. The predicted molar refractivity (Wildman–Crippen MR) is 141 cm³/mol. The van der Waals surface area contributed by atoms with E-state index in [-0.39, 0.29) is 18.3 Å². The second kappa shape index (κ2) is 10.6. The van der Waals surface area contributed by atoms with Gasteiger partial charge in [0, 0.05) is 0 Å². The summed E-state index contributed by atoms with van der Waals surface area (Å²) in [6, 6.07) is 24.0. The van der Waals surface area contributed by atoms with Crippen molar-refractivity contribution in [1.29, 1.82) is 0 Å². The number of carbonyl (C=O) groups excluding carboxylic acids is 1. The van der Waals surface area contributed by atoms with Crippen LogP contribution in [-0.2, 0) is 6.54 Å². The first-order chi connectivity index (χ1) is 17.2. The Kier molecular flexibility index (Phi) is 7.29. The Morgan fingerprint density at radius 1 is 0.861 bits per heavy atom. The van der Waals surface area contributed by atoms with E-state index in [2.05, 4.69) is 24.3 Å². The van der Waals surface area contributed by atoms with E-state index in [1.807, 2.05) is 80.6 Å². The van der Waals surface area contributed by atoms with E-state index in [4.69, 9.17) is 0 Å². The van der Waals surface area contributed by atoms with Gasteiger partial charge in [0.2, 0.25) is 5.69 Å². The standard InChI is InChI=1S/C29H30N4O3/c1-19(2)23-14-16-25(17-15-23)33-29(36)32(18-22-12-10-20(3)11-13-22)28(35)26(31-33)27(34)30-21(4)24-8-6-5-7-9-24/h5-17,19,21H,18H2,1-4H3,(H,30,34). The Balaban J connectivity index is 1.80. The molecule has 0 fully saturated rings. The van der Waals surface area contributed by atoms with Gasteiger partial charge in [0.25, 0.3) is 11.5 Å². The monoisotopic (exact) mass is 482 g/mol. The first-order valence-corrected chi connectivity index (χ1v) is 12.0. The van der Waals surface area contributed by atoms with Crippen LogP contribution >= 0.6 is 0 Å². The molecule has 1 amide bonds. The molecule has 1 unspecified atom stereocenters. The molecule has 0 bridgehead atoms. The SMILES string of the molecule is Cc1ccc(Cn2c(=O)c(C(=O)NC(C)c3ccccc3)nn(-c3ccc(C(C)C)cc3)c2=O)cc1. The normalized spacial score (nSPS) is 11.9. The lowest BCUT2D eigenvalue weighted by atomic mass is 10.0. The molecule has 4 rings (SSSR count). The van der Waals surface area contributed by atoms with Crippen LogP contribution in [0.15, 0.2) is 88.5 Å². The van der Waals surface area contributed by atoms with Gasteiger partial charge in [-0.25, -0.2) is 4.79 Å². The van der Waals surface area contributed by atoms with Crippen molar-refractivity contribution >= 4 is 5.91 Å². The van der Waals surface area contributed by atoms with Crippen LogP contribution in [0.25, 0.3) is 5.69 Å². The highest BCUT2D eigenvalue weighted by Crippen LogP contribution is 2.16. The number of amides is 1. The zero-order valence-corrected chi connectivity index (χ0v) is 20.9. The number of hydrogen-bond acceptors (Lipinski definition) is 4. The molecule has 7 heteroatoms. The maximum absolute atomic E-state index is 13.4. The number of carbonyl (C=O) groups is 1. The van der Waals surface area contributed by atoms with Crippen LogP contribution in [-0.4, -0.2) is 20.3 Å². The number of aryl methyl sites for hydroxylation is 1. The van der Waals surface area contributed by atoms with Crippen molar-refractivity contribution in [2.45, 2.75) is 46.2 Å². The molecule has 0 aliphatic rings. The van der Waals surface area contributed by atoms with Crippen molar-refractivity contribution in [2.75, 3.05) is 0 Å². The highest BCUT2D eigenvalue weighted by atomic mass is 16.2. The second-order valence-corrected chi connectivity index (χ2v) is 9.27. The third-order valence-electron chi connectivity index (χ3n) is 6.19. The zero-order valence-electron chi connectivity index (χ0n) is 20.9. The molecule has 7 nitrogen and oxygen atoms in total. The summed E-state index contributed by atoms with van der Waals surface area (Å²) in [6.45, 7) is 7.99. The Labute approximate surface area is 210 Å². The lowest BCUT2D eigenvalue weighted by molar-refractivity contribution is 0.0930. The number of nitrogens with one attached hydrogen (secondary N) is 1. The molecule has 1 heterocycles. The summed E-state index contributed by atoms with van der Waals surface area (Å²) >= 11 is 0. The van der Waals surface area contributed by atoms with Gasteiger partial charge in [0.05, 0.1) is 18.3 Å². The van der Waals surface area contributed by atoms with Gasteiger partial charge in [-0.1, -0.05) is 86.1 Å². The number of benzene rings is 3. The molecule has 4 aromatic rings. The summed E-state index contributed by atoms with van der Waals surface area (Å²) in [6.07, 6.45) is 0. The van der Waals surface area contributed by atoms with Crippen molar-refractivity contribution in [1.82, 2.24) is 19.7 Å². The summed E-state index contributed by atoms with van der Waals surface area (Å²) in [7, 11) is 0. The van der Waals surface area contributed by atoms with Gasteiger partial charge in [-0.05, 0) is 48.6 Å². The van der Waals surface area contributed by atoms with Gasteiger partial charge >= 0.3 is 5.69 Å². The summed E-state index contributed by atoms with van der Waals surface area (Å²) in [5.74, 6) is -0.318. The second-order valence-electron chi connectivity index (χ2n) is 9.27. The molecule has 0 aliphatic heterocycles. The lowest BCUT2D eigenvalue weighted by Gasteiger charge is -2.16. The molecular formula is C29H30N4O3. The Morgan fingerprint density at radius 2 is 1.50 bits per heavy atom. The van der Waals surface area contributed by atoms with Crippen molar-refractivity contribution in [3.8, 4) is 5.69 Å². The number of rotatable bonds is 7. The number of hydrogen-bond donors (Lipinski definition) is 1. The number of nitrogens with zero attached hydrogens (tertiary/aromatic N) is 3. The molecule has 36 heavy (non-hydrogen) atoms. The van der Waals surface area contributed by atoms with E-state index in [0.29, 0.717) is 11.6 Å². The van der Waals surface area contributed by atoms with Crippen molar-refractivity contribution in [3.05, 3.63) is 128 Å². The van der Waals surface area contributed by atoms with E-state index >= 15 is 0 Å². The molecule has 0 saturated carbocycles. The Hall–Kier alpha value is -4.26. The van der Waals surface area contributed by atoms with Gasteiger partial charge in [0.1, 0.15) is 0 Å². The van der Waals surface area contributed by atoms with Crippen LogP contribution in [0.5, 0.6) is 0 Å². The van der Waals surface area contributed by atoms with Gasteiger partial charge < -0.3 is 5.32 Å². The molecule has 184 valence electrons. The Morgan fingerprint density at radius 3 is 2.11 bits per heavy atom. The maximum atomic E-state index is 13.4. The first-order valence-electron chi connectivity index (χ1n) is 12.0. The number of aromatic nitrogens is 3. The molecule has 3 aromatic carbocycles. The van der Waals surface area contributed by atoms with E-state index < -0.39 is 17.2 Å². The quantitative estimate of drug-likeness (QED) is 0.424. The van der Waals surface area contributed by atoms with Gasteiger partial charge in [-0.15, -0.1) is 0 Å². The highest BCUT2D eigenvalue weighted by Gasteiger charge is 2.22. The summed E-state index contributed by atoms with van der Waals surface area (Å²) < 4.78 is 2.19. The highest BCUT2D eigenvalue weighted by molar-refractivity contribution is 5.92. The average molecular weight is 483 g/mol. The molecule has 0 radical (unpaired) electrons. The van der Waals surface area contributed by atoms with Crippen molar-refractivity contribution in [2.24, 2.45) is 0 Å². The van der Waals surface area contributed by atoms with Crippen molar-refractivity contribution < 1.29 is 4.79 Å². The average Bonchev–Trinajstić information content (AvgIpc) is 2.88. The Bertz CT molecular complexity index is 1470. The molecule has 0 spiro atoms. The van der Waals surface area contributed by atoms with Gasteiger partial charge in [-0.2, -0.15) is 9.78 Å². The van der Waals surface area contributed by atoms with Gasteiger partial charge in [0.15, 0.2) is 0 Å². The van der Waals surface area contributed by atoms with E-state index in [0.717, 1.165) is 31.5 Å². The minimum atomic E-state index is -0.728. The summed E-state index contributed by atoms with van der Waals surface area (Å²) in [5.41, 5.74) is 2.65. The fourth-order valence-corrected chi connectivity index (χ4v) is 3.93. The smallest absolute Gasteiger partial charge is 0.344 e. The molecule has 0 aliphatic carbocycles. The topological polar surface area (TPSA) is 86.0 Å². The maximum Gasteiger partial charge on any atom is 0.352 e. The molecule has 1 aromatic heterocycles. The van der Waals surface area contributed by atoms with E-state index in [1.165, 1.54) is 0 Å². The minimum absolute atomic E-state index is 0.0268. The largest absolute Gasteiger partial charge is 0.352 e. The van der Waals surface area contributed by atoms with Crippen LogP contribution in [0.3, 0.4) is 0 Å². The van der Waals surface area contributed by atoms with E-state index in [1.54, 1.807) is 12.1 Å².